The molecule has 1 amide bonds. The number of aliphatic hydroxyl groups is 10. The van der Waals surface area contributed by atoms with Crippen LogP contribution >= 0.6 is 0 Å². The van der Waals surface area contributed by atoms with Crippen molar-refractivity contribution in [1.82, 2.24) is 5.32 Å². The Morgan fingerprint density at radius 3 is 1.81 bits per heavy atom. The van der Waals surface area contributed by atoms with E-state index >= 15 is 0 Å². The van der Waals surface area contributed by atoms with E-state index in [1.54, 1.807) is 0 Å². The van der Waals surface area contributed by atoms with Gasteiger partial charge in [-0.05, 0) is 0 Å². The summed E-state index contributed by atoms with van der Waals surface area (Å²) in [5.41, 5.74) is 0. The molecule has 17 heteroatoms. The van der Waals surface area contributed by atoms with Crippen LogP contribution in [0, 0.1) is 0 Å². The zero-order chi connectivity index (χ0) is 27.6. The number of aliphatic hydroxyl groups excluding tert-OH is 10. The van der Waals surface area contributed by atoms with Crippen LogP contribution in [0.25, 0.3) is 0 Å². The second-order valence-corrected chi connectivity index (χ2v) is 9.11. The summed E-state index contributed by atoms with van der Waals surface area (Å²) in [4.78, 5) is 11.7. The molecule has 0 radical (unpaired) electrons. The number of nitrogens with one attached hydrogen (secondary N) is 1. The van der Waals surface area contributed by atoms with Crippen molar-refractivity contribution >= 4 is 5.91 Å². The van der Waals surface area contributed by atoms with Gasteiger partial charge in [-0.15, -0.1) is 0 Å². The number of hydrogen-bond donors (Lipinski definition) is 11. The topological polar surface area (TPSA) is 278 Å². The summed E-state index contributed by atoms with van der Waals surface area (Å²) in [6.45, 7) is -1.02. The van der Waals surface area contributed by atoms with Crippen LogP contribution < -0.4 is 5.32 Å². The van der Waals surface area contributed by atoms with Crippen LogP contribution in [0.5, 0.6) is 0 Å². The quantitative estimate of drug-likeness (QED) is 0.135. The lowest BCUT2D eigenvalue weighted by Gasteiger charge is -2.47. The van der Waals surface area contributed by atoms with Crippen molar-refractivity contribution in [1.29, 1.82) is 0 Å². The Morgan fingerprint density at radius 1 is 0.703 bits per heavy atom. The molecular weight excluding hydrogens is 510 g/mol. The molecule has 11 N–H and O–H groups in total. The molecule has 0 unspecified atom stereocenters. The normalized spacial score (nSPS) is 49.0. The highest BCUT2D eigenvalue weighted by atomic mass is 16.8. The fourth-order valence-corrected chi connectivity index (χ4v) is 4.34. The molecule has 37 heavy (non-hydrogen) atoms. The molecule has 0 spiro atoms. The molecule has 0 saturated carbocycles. The third-order valence-electron chi connectivity index (χ3n) is 6.48. The maximum atomic E-state index is 11.7. The van der Waals surface area contributed by atoms with Crippen LogP contribution in [-0.2, 0) is 28.5 Å². The zero-order valence-corrected chi connectivity index (χ0v) is 19.7. The van der Waals surface area contributed by atoms with Gasteiger partial charge in [0.05, 0.1) is 19.8 Å². The van der Waals surface area contributed by atoms with E-state index in [0.717, 1.165) is 6.92 Å². The first kappa shape index (κ1) is 30.4. The molecule has 0 aromatic carbocycles. The Balaban J connectivity index is 1.80. The van der Waals surface area contributed by atoms with E-state index in [1.165, 1.54) is 0 Å². The van der Waals surface area contributed by atoms with E-state index < -0.39 is 118 Å². The third kappa shape index (κ3) is 6.55. The molecular formula is C20H35NO16. The number of ether oxygens (including phenoxy) is 5. The Bertz CT molecular complexity index is 747. The van der Waals surface area contributed by atoms with Gasteiger partial charge in [-0.25, -0.2) is 0 Å². The fourth-order valence-electron chi connectivity index (χ4n) is 4.34. The molecule has 3 aliphatic rings. The van der Waals surface area contributed by atoms with Crippen LogP contribution in [0.15, 0.2) is 0 Å². The zero-order valence-electron chi connectivity index (χ0n) is 19.7. The first-order valence-corrected chi connectivity index (χ1v) is 11.6. The largest absolute Gasteiger partial charge is 0.394 e. The molecule has 3 saturated heterocycles. The van der Waals surface area contributed by atoms with Crippen molar-refractivity contribution < 1.29 is 79.5 Å². The number of rotatable bonds is 8. The van der Waals surface area contributed by atoms with Crippen molar-refractivity contribution in [2.24, 2.45) is 0 Å². The van der Waals surface area contributed by atoms with Gasteiger partial charge < -0.3 is 80.1 Å². The van der Waals surface area contributed by atoms with Crippen LogP contribution in [-0.4, -0.2) is 169 Å². The lowest BCUT2D eigenvalue weighted by molar-refractivity contribution is -0.362. The molecule has 3 heterocycles. The van der Waals surface area contributed by atoms with Gasteiger partial charge in [-0.3, -0.25) is 4.79 Å². The molecule has 0 aromatic rings. The Morgan fingerprint density at radius 2 is 1.24 bits per heavy atom. The van der Waals surface area contributed by atoms with E-state index in [9.17, 15) is 55.9 Å². The second kappa shape index (κ2) is 12.8. The molecule has 0 bridgehead atoms. The van der Waals surface area contributed by atoms with Crippen LogP contribution in [0.2, 0.25) is 0 Å². The summed E-state index contributed by atoms with van der Waals surface area (Å²) >= 11 is 0. The van der Waals surface area contributed by atoms with E-state index in [-0.39, 0.29) is 0 Å². The van der Waals surface area contributed by atoms with Crippen LogP contribution in [0.4, 0.5) is 0 Å². The molecule has 3 rings (SSSR count). The Kier molecular flexibility index (Phi) is 10.5. The minimum Gasteiger partial charge on any atom is -0.394 e. The fraction of sp³-hybridized carbons (Fsp3) is 0.950. The van der Waals surface area contributed by atoms with Crippen molar-refractivity contribution in [3.8, 4) is 0 Å². The molecule has 216 valence electrons. The van der Waals surface area contributed by atoms with Gasteiger partial charge >= 0.3 is 0 Å². The van der Waals surface area contributed by atoms with Crippen molar-refractivity contribution in [3.05, 3.63) is 0 Å². The van der Waals surface area contributed by atoms with Gasteiger partial charge in [-0.1, -0.05) is 0 Å². The standard InChI is InChI=1S/C20H35NO16/c1-5(24)21-9-13(28)10(25)6(2-22)35-19(9)37-17-15(30)11(26)7(3-23)36-20(17)33-4-8-12(27)14(29)16(31)18(32)34-8/h6-20,22-23,25-32H,2-4H2,1H3,(H,21,24)/t6-,7-,8-,9-,10-,11-,12-,13-,14+,15+,16-,17+,18-,19+,20+/m1/s1. The minimum atomic E-state index is -1.86. The SMILES string of the molecule is CC(=O)N[C@H]1[C@H](O[C@@H]2[C@@H](OC[C@H]3O[C@@H](O)[C@H](O)[C@@H](O)[C@@H]3O)O[C@H](CO)[C@@H](O)[C@@H]2O)O[C@H](CO)[C@@H](O)[C@@H]1O. The number of hydrogen-bond acceptors (Lipinski definition) is 16. The average Bonchev–Trinajstić information content (AvgIpc) is 2.86. The van der Waals surface area contributed by atoms with Gasteiger partial charge in [0, 0.05) is 6.92 Å². The van der Waals surface area contributed by atoms with Gasteiger partial charge in [0.1, 0.15) is 73.2 Å². The van der Waals surface area contributed by atoms with E-state index in [4.69, 9.17) is 23.7 Å². The van der Waals surface area contributed by atoms with Gasteiger partial charge in [0.25, 0.3) is 0 Å². The van der Waals surface area contributed by atoms with Gasteiger partial charge in [-0.2, -0.15) is 0 Å². The predicted octanol–water partition coefficient (Wildman–Crippen LogP) is -7.43. The maximum absolute atomic E-state index is 11.7. The van der Waals surface area contributed by atoms with Crippen LogP contribution in [0.3, 0.4) is 0 Å². The summed E-state index contributed by atoms with van der Waals surface area (Å²) in [7, 11) is 0. The van der Waals surface area contributed by atoms with E-state index in [2.05, 4.69) is 5.32 Å². The summed E-state index contributed by atoms with van der Waals surface area (Å²) in [6, 6.07) is -1.41. The lowest BCUT2D eigenvalue weighted by atomic mass is 9.95. The third-order valence-corrected chi connectivity index (χ3v) is 6.48. The predicted molar refractivity (Wildman–Crippen MR) is 113 cm³/mol. The molecule has 0 aliphatic carbocycles. The maximum Gasteiger partial charge on any atom is 0.217 e. The first-order chi connectivity index (χ1) is 17.4. The average molecular weight is 545 g/mol. The first-order valence-electron chi connectivity index (χ1n) is 11.6. The summed E-state index contributed by atoms with van der Waals surface area (Å²) in [5, 5.41) is 102. The number of amides is 1. The summed E-state index contributed by atoms with van der Waals surface area (Å²) in [5.74, 6) is -0.646. The molecule has 17 nitrogen and oxygen atoms in total. The number of carbonyl (C=O) groups excluding carboxylic acids is 1. The lowest BCUT2D eigenvalue weighted by Crippen LogP contribution is -2.67. The summed E-state index contributed by atoms with van der Waals surface area (Å²) < 4.78 is 27.2. The molecule has 3 aliphatic heterocycles. The van der Waals surface area contributed by atoms with E-state index in [1.807, 2.05) is 0 Å². The van der Waals surface area contributed by atoms with Gasteiger partial charge in [0.15, 0.2) is 18.9 Å². The highest BCUT2D eigenvalue weighted by molar-refractivity contribution is 5.73. The van der Waals surface area contributed by atoms with E-state index in [0.29, 0.717) is 0 Å². The second-order valence-electron chi connectivity index (χ2n) is 9.11. The molecule has 3 fully saturated rings. The van der Waals surface area contributed by atoms with Crippen molar-refractivity contribution in [3.63, 3.8) is 0 Å². The van der Waals surface area contributed by atoms with Crippen molar-refractivity contribution in [2.75, 3.05) is 19.8 Å². The van der Waals surface area contributed by atoms with Gasteiger partial charge in [0.2, 0.25) is 5.91 Å². The molecule has 0 aromatic heterocycles. The highest BCUT2D eigenvalue weighted by Crippen LogP contribution is 2.30. The Labute approximate surface area is 210 Å². The highest BCUT2D eigenvalue weighted by Gasteiger charge is 2.52. The van der Waals surface area contributed by atoms with Crippen LogP contribution in [0.1, 0.15) is 6.92 Å². The smallest absolute Gasteiger partial charge is 0.217 e. The Hall–Kier alpha value is -1.13. The number of carbonyl (C=O) groups is 1. The minimum absolute atomic E-state index is 0.616. The van der Waals surface area contributed by atoms with Crippen molar-refractivity contribution in [2.45, 2.75) is 99.0 Å². The molecule has 15 atom stereocenters. The summed E-state index contributed by atoms with van der Waals surface area (Å²) in [6.07, 6.45) is -23.0. The monoisotopic (exact) mass is 545 g/mol.